The summed E-state index contributed by atoms with van der Waals surface area (Å²) in [4.78, 5) is 18.2. The first-order valence-electron chi connectivity index (χ1n) is 6.69. The van der Waals surface area contributed by atoms with Crippen molar-refractivity contribution in [2.24, 2.45) is 0 Å². The van der Waals surface area contributed by atoms with Gasteiger partial charge >= 0.3 is 0 Å². The summed E-state index contributed by atoms with van der Waals surface area (Å²) in [6, 6.07) is 1.67. The fraction of sp³-hybridized carbons (Fsp3) is 0.571. The first kappa shape index (κ1) is 15.8. The van der Waals surface area contributed by atoms with Crippen molar-refractivity contribution in [1.29, 1.82) is 0 Å². The molecule has 2 N–H and O–H groups in total. The topological polar surface area (TPSA) is 59.2 Å². The summed E-state index contributed by atoms with van der Waals surface area (Å²) >= 11 is 5.83. The number of rotatable bonds is 6. The maximum absolute atomic E-state index is 12.5. The van der Waals surface area contributed by atoms with E-state index >= 15 is 0 Å². The quantitative estimate of drug-likeness (QED) is 0.643. The second-order valence-corrected chi connectivity index (χ2v) is 5.28. The van der Waals surface area contributed by atoms with Crippen molar-refractivity contribution in [3.05, 3.63) is 23.0 Å². The summed E-state index contributed by atoms with van der Waals surface area (Å²) in [5.74, 6) is -0.0760. The van der Waals surface area contributed by atoms with E-state index in [0.29, 0.717) is 11.3 Å². The Morgan fingerprint density at radius 3 is 2.74 bits per heavy atom. The van der Waals surface area contributed by atoms with Crippen molar-refractivity contribution in [1.82, 2.24) is 9.88 Å². The van der Waals surface area contributed by atoms with Crippen molar-refractivity contribution >= 4 is 23.2 Å². The largest absolute Gasteiger partial charge is 0.397 e. The van der Waals surface area contributed by atoms with Gasteiger partial charge in [0, 0.05) is 12.6 Å². The summed E-state index contributed by atoms with van der Waals surface area (Å²) in [6.45, 7) is 6.89. The Hall–Kier alpha value is -1.29. The van der Waals surface area contributed by atoms with Crippen LogP contribution < -0.4 is 5.73 Å². The van der Waals surface area contributed by atoms with Gasteiger partial charge in [0.05, 0.1) is 17.4 Å². The molecular formula is C14H22ClN3O. The number of nitrogen functional groups attached to an aromatic ring is 1. The normalized spacial score (nSPS) is 10.8. The highest BCUT2D eigenvalue weighted by Crippen LogP contribution is 2.19. The summed E-state index contributed by atoms with van der Waals surface area (Å²) in [5.41, 5.74) is 6.62. The van der Waals surface area contributed by atoms with Gasteiger partial charge in [-0.05, 0) is 26.3 Å². The van der Waals surface area contributed by atoms with Crippen LogP contribution in [-0.2, 0) is 0 Å². The van der Waals surface area contributed by atoms with E-state index in [1.54, 1.807) is 0 Å². The van der Waals surface area contributed by atoms with Crippen LogP contribution in [0.5, 0.6) is 0 Å². The average Bonchev–Trinajstić information content (AvgIpc) is 2.36. The highest BCUT2D eigenvalue weighted by atomic mass is 35.5. The Balaban J connectivity index is 2.89. The predicted octanol–water partition coefficient (Wildman–Crippen LogP) is 3.36. The number of hydrogen-bond acceptors (Lipinski definition) is 3. The molecule has 4 nitrogen and oxygen atoms in total. The number of aromatic nitrogens is 1. The van der Waals surface area contributed by atoms with Crippen molar-refractivity contribution in [2.75, 3.05) is 12.3 Å². The lowest BCUT2D eigenvalue weighted by atomic mass is 10.1. The van der Waals surface area contributed by atoms with Gasteiger partial charge in [0.25, 0.3) is 5.91 Å². The molecule has 19 heavy (non-hydrogen) atoms. The molecule has 1 heterocycles. The van der Waals surface area contributed by atoms with Gasteiger partial charge < -0.3 is 10.6 Å². The second-order valence-electron chi connectivity index (χ2n) is 4.89. The molecular weight excluding hydrogens is 262 g/mol. The van der Waals surface area contributed by atoms with Crippen LogP contribution in [0, 0.1) is 0 Å². The van der Waals surface area contributed by atoms with Crippen LogP contribution in [0.15, 0.2) is 12.3 Å². The highest BCUT2D eigenvalue weighted by Gasteiger charge is 2.20. The van der Waals surface area contributed by atoms with Gasteiger partial charge in [-0.3, -0.25) is 4.79 Å². The maximum atomic E-state index is 12.5. The maximum Gasteiger partial charge on any atom is 0.256 e. The van der Waals surface area contributed by atoms with E-state index in [-0.39, 0.29) is 17.1 Å². The molecule has 0 saturated heterocycles. The number of amides is 1. The number of hydrogen-bond donors (Lipinski definition) is 1. The highest BCUT2D eigenvalue weighted by molar-refractivity contribution is 6.29. The number of carbonyl (C=O) groups excluding carboxylic acids is 1. The van der Waals surface area contributed by atoms with Gasteiger partial charge in [-0.1, -0.05) is 31.4 Å². The van der Waals surface area contributed by atoms with Crippen LogP contribution in [0.25, 0.3) is 0 Å². The number of unbranched alkanes of at least 4 members (excludes halogenated alkanes) is 2. The summed E-state index contributed by atoms with van der Waals surface area (Å²) in [7, 11) is 0. The Morgan fingerprint density at radius 2 is 2.16 bits per heavy atom. The molecule has 0 aliphatic rings. The molecule has 1 rings (SSSR count). The molecule has 1 aromatic heterocycles. The molecule has 0 radical (unpaired) electrons. The lowest BCUT2D eigenvalue weighted by molar-refractivity contribution is 0.0703. The number of carbonyl (C=O) groups is 1. The standard InChI is InChI=1S/C14H22ClN3O/c1-4-5-6-7-18(10(2)3)14(19)11-8-13(15)17-9-12(11)16/h8-10H,4-7,16H2,1-3H3. The zero-order chi connectivity index (χ0) is 14.4. The molecule has 0 atom stereocenters. The average molecular weight is 284 g/mol. The third kappa shape index (κ3) is 4.39. The third-order valence-corrected chi connectivity index (χ3v) is 3.23. The van der Waals surface area contributed by atoms with Gasteiger partial charge in [0.15, 0.2) is 0 Å². The van der Waals surface area contributed by atoms with Gasteiger partial charge in [-0.2, -0.15) is 0 Å². The van der Waals surface area contributed by atoms with Crippen LogP contribution in [0.4, 0.5) is 5.69 Å². The minimum absolute atomic E-state index is 0.0760. The molecule has 0 aromatic carbocycles. The zero-order valence-electron chi connectivity index (χ0n) is 11.8. The molecule has 5 heteroatoms. The van der Waals surface area contributed by atoms with Crippen LogP contribution >= 0.6 is 11.6 Å². The van der Waals surface area contributed by atoms with Crippen molar-refractivity contribution in [3.63, 3.8) is 0 Å². The molecule has 0 bridgehead atoms. The monoisotopic (exact) mass is 283 g/mol. The lowest BCUT2D eigenvalue weighted by Crippen LogP contribution is -2.38. The van der Waals surface area contributed by atoms with Crippen molar-refractivity contribution < 1.29 is 4.79 Å². The van der Waals surface area contributed by atoms with Crippen LogP contribution in [0.1, 0.15) is 50.4 Å². The molecule has 1 amide bonds. The Morgan fingerprint density at radius 1 is 1.47 bits per heavy atom. The van der Waals surface area contributed by atoms with Crippen LogP contribution in [0.2, 0.25) is 5.15 Å². The molecule has 0 aliphatic carbocycles. The van der Waals surface area contributed by atoms with Gasteiger partial charge in [0.1, 0.15) is 5.15 Å². The van der Waals surface area contributed by atoms with Gasteiger partial charge in [-0.15, -0.1) is 0 Å². The summed E-state index contributed by atoms with van der Waals surface area (Å²) < 4.78 is 0. The van der Waals surface area contributed by atoms with E-state index < -0.39 is 0 Å². The Labute approximate surface area is 120 Å². The summed E-state index contributed by atoms with van der Waals surface area (Å²) in [6.07, 6.45) is 4.67. The number of pyridine rings is 1. The van der Waals surface area contributed by atoms with Crippen molar-refractivity contribution in [3.8, 4) is 0 Å². The predicted molar refractivity (Wildman–Crippen MR) is 79.4 cm³/mol. The zero-order valence-corrected chi connectivity index (χ0v) is 12.6. The minimum atomic E-state index is -0.0760. The van der Waals surface area contributed by atoms with E-state index in [4.69, 9.17) is 17.3 Å². The number of anilines is 1. The molecule has 0 unspecified atom stereocenters. The fourth-order valence-corrected chi connectivity index (χ4v) is 2.06. The SMILES string of the molecule is CCCCCN(C(=O)c1cc(Cl)ncc1N)C(C)C. The van der Waals surface area contributed by atoms with Gasteiger partial charge in [0.2, 0.25) is 0 Å². The van der Waals surface area contributed by atoms with E-state index in [9.17, 15) is 4.79 Å². The molecule has 0 aliphatic heterocycles. The summed E-state index contributed by atoms with van der Waals surface area (Å²) in [5, 5.41) is 0.287. The van der Waals surface area contributed by atoms with Gasteiger partial charge in [-0.25, -0.2) is 4.98 Å². The molecule has 0 fully saturated rings. The van der Waals surface area contributed by atoms with E-state index in [1.807, 2.05) is 18.7 Å². The van der Waals surface area contributed by atoms with E-state index in [2.05, 4.69) is 11.9 Å². The minimum Gasteiger partial charge on any atom is -0.397 e. The van der Waals surface area contributed by atoms with Crippen molar-refractivity contribution in [2.45, 2.75) is 46.1 Å². The first-order valence-corrected chi connectivity index (χ1v) is 7.07. The molecule has 0 spiro atoms. The third-order valence-electron chi connectivity index (χ3n) is 3.02. The number of nitrogens with two attached hydrogens (primary N) is 1. The fourth-order valence-electron chi connectivity index (χ4n) is 1.91. The Bertz CT molecular complexity index is 435. The molecule has 0 saturated carbocycles. The van der Waals surface area contributed by atoms with E-state index in [1.165, 1.54) is 12.3 Å². The smallest absolute Gasteiger partial charge is 0.256 e. The van der Waals surface area contributed by atoms with Crippen LogP contribution in [-0.4, -0.2) is 28.4 Å². The molecule has 106 valence electrons. The van der Waals surface area contributed by atoms with Crippen LogP contribution in [0.3, 0.4) is 0 Å². The second kappa shape index (κ2) is 7.34. The first-order chi connectivity index (χ1) is 8.97. The lowest BCUT2D eigenvalue weighted by Gasteiger charge is -2.27. The number of halogens is 1. The van der Waals surface area contributed by atoms with E-state index in [0.717, 1.165) is 25.8 Å². The molecule has 1 aromatic rings. The Kier molecular flexibility index (Phi) is 6.09. The number of nitrogens with zero attached hydrogens (tertiary/aromatic N) is 2.